The van der Waals surface area contributed by atoms with Crippen LogP contribution in [0.15, 0.2) is 5.16 Å². The molecule has 0 spiro atoms. The van der Waals surface area contributed by atoms with Crippen LogP contribution >= 0.6 is 11.8 Å². The van der Waals surface area contributed by atoms with Gasteiger partial charge in [0.2, 0.25) is 5.16 Å². The molecule has 0 aliphatic carbocycles. The second-order valence-corrected chi connectivity index (χ2v) is 8.21. The Balaban J connectivity index is 2.29. The van der Waals surface area contributed by atoms with Crippen molar-refractivity contribution in [3.8, 4) is 0 Å². The predicted octanol–water partition coefficient (Wildman–Crippen LogP) is 2.12. The maximum atomic E-state index is 5.37. The molecule has 0 aromatic carbocycles. The van der Waals surface area contributed by atoms with Gasteiger partial charge in [-0.05, 0) is 12.8 Å². The second kappa shape index (κ2) is 8.70. The van der Waals surface area contributed by atoms with E-state index in [-0.39, 0.29) is 0 Å². The van der Waals surface area contributed by atoms with Crippen LogP contribution in [0.25, 0.3) is 0 Å². The van der Waals surface area contributed by atoms with Crippen molar-refractivity contribution >= 4 is 20.6 Å². The number of thioether (sulfide) groups is 1. The average molecular weight is 305 g/mol. The summed E-state index contributed by atoms with van der Waals surface area (Å²) in [7, 11) is 2.49. The Bertz CT molecular complexity index is 352. The van der Waals surface area contributed by atoms with Crippen LogP contribution in [0.5, 0.6) is 0 Å². The molecule has 0 aliphatic rings. The summed E-state index contributed by atoms with van der Waals surface area (Å²) in [5.41, 5.74) is 0. The van der Waals surface area contributed by atoms with Crippen molar-refractivity contribution in [2.45, 2.75) is 37.4 Å². The third kappa shape index (κ3) is 5.23. The van der Waals surface area contributed by atoms with Crippen molar-refractivity contribution in [3.05, 3.63) is 5.82 Å². The van der Waals surface area contributed by atoms with Gasteiger partial charge in [-0.2, -0.15) is 0 Å². The molecule has 1 heterocycles. The summed E-state index contributed by atoms with van der Waals surface area (Å²) in [6.07, 6.45) is 2.97. The van der Waals surface area contributed by atoms with Crippen molar-refractivity contribution < 1.29 is 13.3 Å². The zero-order chi connectivity index (χ0) is 14.1. The van der Waals surface area contributed by atoms with E-state index in [1.807, 2.05) is 0 Å². The van der Waals surface area contributed by atoms with E-state index in [2.05, 4.69) is 22.1 Å². The molecule has 0 saturated carbocycles. The summed E-state index contributed by atoms with van der Waals surface area (Å²) in [6, 6.07) is 0.801. The highest BCUT2D eigenvalue weighted by molar-refractivity contribution is 7.99. The quantitative estimate of drug-likeness (QED) is 0.406. The van der Waals surface area contributed by atoms with Gasteiger partial charge in [0.15, 0.2) is 0 Å². The molecule has 0 radical (unpaired) electrons. The van der Waals surface area contributed by atoms with Crippen LogP contribution in [-0.2, 0) is 19.7 Å². The van der Waals surface area contributed by atoms with Gasteiger partial charge in [-0.3, -0.25) is 5.10 Å². The number of rotatable bonds is 10. The average Bonchev–Trinajstić information content (AvgIpc) is 2.88. The molecule has 1 aromatic rings. The standard InChI is InChI=1S/C11H23N3O3SSi/c1-5-7-10-12-11(14-13-10)18-8-6-9-19(15-2,16-3)17-4/h5-9H2,1-4H3,(H,12,13,14). The largest absolute Gasteiger partial charge is 0.500 e. The minimum atomic E-state index is -2.43. The number of hydrogen-bond acceptors (Lipinski definition) is 6. The first kappa shape index (κ1) is 16.6. The van der Waals surface area contributed by atoms with Gasteiger partial charge >= 0.3 is 8.80 Å². The number of aromatic nitrogens is 3. The highest BCUT2D eigenvalue weighted by Gasteiger charge is 2.36. The first-order valence-electron chi connectivity index (χ1n) is 6.39. The van der Waals surface area contributed by atoms with Crippen molar-refractivity contribution in [1.29, 1.82) is 0 Å². The van der Waals surface area contributed by atoms with Crippen LogP contribution < -0.4 is 0 Å². The van der Waals surface area contributed by atoms with Gasteiger partial charge < -0.3 is 13.3 Å². The van der Waals surface area contributed by atoms with Gasteiger partial charge in [0.25, 0.3) is 0 Å². The highest BCUT2D eigenvalue weighted by Crippen LogP contribution is 2.20. The topological polar surface area (TPSA) is 69.3 Å². The lowest BCUT2D eigenvalue weighted by Gasteiger charge is -2.23. The Morgan fingerprint density at radius 1 is 1.21 bits per heavy atom. The molecule has 0 amide bonds. The first-order valence-corrected chi connectivity index (χ1v) is 9.31. The van der Waals surface area contributed by atoms with Crippen LogP contribution in [0.1, 0.15) is 25.6 Å². The van der Waals surface area contributed by atoms with E-state index in [1.54, 1.807) is 33.1 Å². The minimum absolute atomic E-state index is 0.801. The minimum Gasteiger partial charge on any atom is -0.377 e. The normalized spacial score (nSPS) is 12.0. The molecule has 19 heavy (non-hydrogen) atoms. The lowest BCUT2D eigenvalue weighted by Crippen LogP contribution is -2.42. The number of nitrogens with zero attached hydrogens (tertiary/aromatic N) is 2. The molecule has 0 atom stereocenters. The van der Waals surface area contributed by atoms with Crippen molar-refractivity contribution in [2.24, 2.45) is 0 Å². The van der Waals surface area contributed by atoms with Crippen molar-refractivity contribution in [3.63, 3.8) is 0 Å². The summed E-state index contributed by atoms with van der Waals surface area (Å²) >= 11 is 1.64. The van der Waals surface area contributed by atoms with Gasteiger partial charge in [0.05, 0.1) is 0 Å². The van der Waals surface area contributed by atoms with Gasteiger partial charge in [0, 0.05) is 39.5 Å². The van der Waals surface area contributed by atoms with Crippen LogP contribution in [0.4, 0.5) is 0 Å². The molecule has 0 bridgehead atoms. The van der Waals surface area contributed by atoms with E-state index in [9.17, 15) is 0 Å². The molecule has 0 fully saturated rings. The summed E-state index contributed by atoms with van der Waals surface area (Å²) in [5, 5.41) is 7.93. The smallest absolute Gasteiger partial charge is 0.377 e. The Morgan fingerprint density at radius 2 is 1.89 bits per heavy atom. The third-order valence-corrected chi connectivity index (χ3v) is 6.56. The molecule has 110 valence electrons. The van der Waals surface area contributed by atoms with Gasteiger partial charge in [-0.1, -0.05) is 18.7 Å². The maximum Gasteiger partial charge on any atom is 0.500 e. The molecular formula is C11H23N3O3SSi. The van der Waals surface area contributed by atoms with Gasteiger partial charge in [-0.15, -0.1) is 5.10 Å². The Kier molecular flexibility index (Phi) is 7.62. The number of nitrogens with one attached hydrogen (secondary N) is 1. The van der Waals surface area contributed by atoms with E-state index in [0.29, 0.717) is 0 Å². The fourth-order valence-corrected chi connectivity index (χ4v) is 4.43. The Hall–Kier alpha value is -0.413. The zero-order valence-electron chi connectivity index (χ0n) is 12.1. The van der Waals surface area contributed by atoms with Gasteiger partial charge in [-0.25, -0.2) is 4.98 Å². The SMILES string of the molecule is CCCc1nc(SCCC[Si](OC)(OC)OC)n[nH]1. The van der Waals surface area contributed by atoms with Crippen LogP contribution in [0.3, 0.4) is 0 Å². The maximum absolute atomic E-state index is 5.37. The zero-order valence-corrected chi connectivity index (χ0v) is 13.9. The predicted molar refractivity (Wildman–Crippen MR) is 77.3 cm³/mol. The summed E-state index contributed by atoms with van der Waals surface area (Å²) in [5.74, 6) is 1.88. The van der Waals surface area contributed by atoms with Crippen LogP contribution in [-0.4, -0.2) is 51.1 Å². The summed E-state index contributed by atoms with van der Waals surface area (Å²) in [6.45, 7) is 2.12. The van der Waals surface area contributed by atoms with Crippen molar-refractivity contribution in [2.75, 3.05) is 27.1 Å². The highest BCUT2D eigenvalue weighted by atomic mass is 32.2. The monoisotopic (exact) mass is 305 g/mol. The number of hydrogen-bond donors (Lipinski definition) is 1. The van der Waals surface area contributed by atoms with E-state index < -0.39 is 8.80 Å². The van der Waals surface area contributed by atoms with Crippen molar-refractivity contribution in [1.82, 2.24) is 15.2 Å². The van der Waals surface area contributed by atoms with E-state index in [4.69, 9.17) is 13.3 Å². The lowest BCUT2D eigenvalue weighted by molar-refractivity contribution is 0.123. The molecule has 1 N–H and O–H groups in total. The second-order valence-electron chi connectivity index (χ2n) is 4.06. The van der Waals surface area contributed by atoms with E-state index >= 15 is 0 Å². The summed E-state index contributed by atoms with van der Waals surface area (Å²) < 4.78 is 16.1. The van der Waals surface area contributed by atoms with Gasteiger partial charge in [0.1, 0.15) is 5.82 Å². The molecule has 0 unspecified atom stereocenters. The Morgan fingerprint density at radius 3 is 2.47 bits per heavy atom. The molecule has 0 saturated heterocycles. The van der Waals surface area contributed by atoms with E-state index in [0.717, 1.165) is 42.0 Å². The van der Waals surface area contributed by atoms with Crippen LogP contribution in [0, 0.1) is 0 Å². The number of aromatic amines is 1. The molecule has 1 rings (SSSR count). The fourth-order valence-electron chi connectivity index (χ4n) is 1.70. The molecule has 0 aliphatic heterocycles. The molecule has 8 heteroatoms. The van der Waals surface area contributed by atoms with E-state index in [1.165, 1.54) is 0 Å². The Labute approximate surface area is 120 Å². The molecule has 1 aromatic heterocycles. The summed E-state index contributed by atoms with van der Waals surface area (Å²) in [4.78, 5) is 4.41. The van der Waals surface area contributed by atoms with Crippen LogP contribution in [0.2, 0.25) is 6.04 Å². The number of H-pyrrole nitrogens is 1. The number of aryl methyl sites for hydroxylation is 1. The fraction of sp³-hybridized carbons (Fsp3) is 0.818. The molecular weight excluding hydrogens is 282 g/mol. The third-order valence-electron chi connectivity index (χ3n) is 2.79. The first-order chi connectivity index (χ1) is 9.19. The lowest BCUT2D eigenvalue weighted by atomic mass is 10.3. The molecule has 6 nitrogen and oxygen atoms in total.